The predicted molar refractivity (Wildman–Crippen MR) is 78.8 cm³/mol. The predicted octanol–water partition coefficient (Wildman–Crippen LogP) is 1.51. The van der Waals surface area contributed by atoms with Crippen LogP contribution in [0.1, 0.15) is 40.8 Å². The van der Waals surface area contributed by atoms with Gasteiger partial charge in [0.05, 0.1) is 0 Å². The third kappa shape index (κ3) is 3.63. The molecule has 0 saturated carbocycles. The lowest BCUT2D eigenvalue weighted by molar-refractivity contribution is 0.0952. The maximum absolute atomic E-state index is 12.0. The summed E-state index contributed by atoms with van der Waals surface area (Å²) in [5.41, 5.74) is 1.43. The molecule has 1 aromatic rings. The maximum atomic E-state index is 12.0. The van der Waals surface area contributed by atoms with Crippen LogP contribution in [0.3, 0.4) is 0 Å². The van der Waals surface area contributed by atoms with Crippen molar-refractivity contribution in [3.63, 3.8) is 0 Å². The SMILES string of the molecule is C=CCNC(=O)c1cc(C2CCCN(C)C2)nc(C)n1. The number of rotatable bonds is 4. The average Bonchev–Trinajstić information content (AvgIpc) is 2.44. The van der Waals surface area contributed by atoms with E-state index >= 15 is 0 Å². The van der Waals surface area contributed by atoms with E-state index in [0.717, 1.165) is 25.2 Å². The fourth-order valence-electron chi connectivity index (χ4n) is 2.58. The Morgan fingerprint density at radius 2 is 2.40 bits per heavy atom. The number of aromatic nitrogens is 2. The molecule has 0 radical (unpaired) electrons. The number of hydrogen-bond donors (Lipinski definition) is 1. The largest absolute Gasteiger partial charge is 0.347 e. The summed E-state index contributed by atoms with van der Waals surface area (Å²) < 4.78 is 0. The lowest BCUT2D eigenvalue weighted by atomic mass is 9.94. The highest BCUT2D eigenvalue weighted by atomic mass is 16.1. The van der Waals surface area contributed by atoms with Crippen LogP contribution in [0.4, 0.5) is 0 Å². The van der Waals surface area contributed by atoms with Crippen molar-refractivity contribution in [2.45, 2.75) is 25.7 Å². The molecule has 1 amide bonds. The van der Waals surface area contributed by atoms with Crippen molar-refractivity contribution in [2.24, 2.45) is 0 Å². The first-order chi connectivity index (χ1) is 9.60. The average molecular weight is 274 g/mol. The number of likely N-dealkylation sites (tertiary alicyclic amines) is 1. The summed E-state index contributed by atoms with van der Waals surface area (Å²) in [5, 5.41) is 2.76. The van der Waals surface area contributed by atoms with E-state index < -0.39 is 0 Å². The van der Waals surface area contributed by atoms with Gasteiger partial charge in [0.15, 0.2) is 0 Å². The van der Waals surface area contributed by atoms with Crippen LogP contribution in [-0.4, -0.2) is 47.5 Å². The van der Waals surface area contributed by atoms with Crippen LogP contribution in [0.25, 0.3) is 0 Å². The Kier molecular flexibility index (Phi) is 4.84. The van der Waals surface area contributed by atoms with Crippen molar-refractivity contribution >= 4 is 5.91 Å². The molecule has 5 nitrogen and oxygen atoms in total. The number of hydrogen-bond acceptors (Lipinski definition) is 4. The summed E-state index contributed by atoms with van der Waals surface area (Å²) >= 11 is 0. The van der Waals surface area contributed by atoms with Crippen LogP contribution in [-0.2, 0) is 0 Å². The molecule has 2 heterocycles. The first-order valence-corrected chi connectivity index (χ1v) is 7.03. The van der Waals surface area contributed by atoms with Crippen LogP contribution in [0.15, 0.2) is 18.7 Å². The quantitative estimate of drug-likeness (QED) is 0.846. The molecular weight excluding hydrogens is 252 g/mol. The summed E-state index contributed by atoms with van der Waals surface area (Å²) in [6.45, 7) is 7.99. The normalized spacial score (nSPS) is 19.6. The zero-order valence-corrected chi connectivity index (χ0v) is 12.2. The summed E-state index contributed by atoms with van der Waals surface area (Å²) in [5.74, 6) is 0.877. The second-order valence-electron chi connectivity index (χ2n) is 5.33. The van der Waals surface area contributed by atoms with Gasteiger partial charge in [-0.15, -0.1) is 6.58 Å². The van der Waals surface area contributed by atoms with Gasteiger partial charge < -0.3 is 10.2 Å². The van der Waals surface area contributed by atoms with Gasteiger partial charge in [-0.1, -0.05) is 6.08 Å². The summed E-state index contributed by atoms with van der Waals surface area (Å²) in [6, 6.07) is 1.83. The van der Waals surface area contributed by atoms with Gasteiger partial charge in [0.25, 0.3) is 5.91 Å². The molecule has 5 heteroatoms. The Hall–Kier alpha value is -1.75. The highest BCUT2D eigenvalue weighted by Gasteiger charge is 2.22. The molecule has 0 spiro atoms. The van der Waals surface area contributed by atoms with Gasteiger partial charge in [0.1, 0.15) is 11.5 Å². The second kappa shape index (κ2) is 6.61. The number of likely N-dealkylation sites (N-methyl/N-ethyl adjacent to an activating group) is 1. The van der Waals surface area contributed by atoms with Crippen molar-refractivity contribution in [1.82, 2.24) is 20.2 Å². The van der Waals surface area contributed by atoms with Gasteiger partial charge in [-0.25, -0.2) is 9.97 Å². The molecule has 0 aromatic carbocycles. The molecule has 108 valence electrons. The van der Waals surface area contributed by atoms with Crippen molar-refractivity contribution in [2.75, 3.05) is 26.7 Å². The smallest absolute Gasteiger partial charge is 0.270 e. The number of carbonyl (C=O) groups is 1. The van der Waals surface area contributed by atoms with Crippen LogP contribution >= 0.6 is 0 Å². The monoisotopic (exact) mass is 274 g/mol. The summed E-state index contributed by atoms with van der Waals surface area (Å²) in [7, 11) is 2.12. The standard InChI is InChI=1S/C15H22N4O/c1-4-7-16-15(20)14-9-13(17-11(2)18-14)12-6-5-8-19(3)10-12/h4,9,12H,1,5-8,10H2,2-3H3,(H,16,20). The fourth-order valence-corrected chi connectivity index (χ4v) is 2.58. The molecule has 0 aliphatic carbocycles. The Morgan fingerprint density at radius 1 is 1.60 bits per heavy atom. The topological polar surface area (TPSA) is 58.1 Å². The molecule has 1 atom stereocenters. The molecule has 2 rings (SSSR count). The minimum atomic E-state index is -0.166. The third-order valence-electron chi connectivity index (χ3n) is 3.54. The lowest BCUT2D eigenvalue weighted by Crippen LogP contribution is -2.32. The van der Waals surface area contributed by atoms with Crippen molar-refractivity contribution in [3.05, 3.63) is 35.9 Å². The van der Waals surface area contributed by atoms with Crippen LogP contribution in [0.2, 0.25) is 0 Å². The fraction of sp³-hybridized carbons (Fsp3) is 0.533. The van der Waals surface area contributed by atoms with Crippen molar-refractivity contribution in [1.29, 1.82) is 0 Å². The van der Waals surface area contributed by atoms with E-state index in [1.165, 1.54) is 6.42 Å². The van der Waals surface area contributed by atoms with Gasteiger partial charge in [-0.05, 0) is 39.4 Å². The highest BCUT2D eigenvalue weighted by molar-refractivity contribution is 5.92. The first kappa shape index (κ1) is 14.7. The van der Waals surface area contributed by atoms with Gasteiger partial charge in [0, 0.05) is 24.7 Å². The third-order valence-corrected chi connectivity index (χ3v) is 3.54. The summed E-state index contributed by atoms with van der Waals surface area (Å²) in [4.78, 5) is 23.1. The molecule has 0 bridgehead atoms. The molecule has 1 aliphatic heterocycles. The molecule has 1 saturated heterocycles. The molecule has 1 aliphatic rings. The Balaban J connectivity index is 2.19. The van der Waals surface area contributed by atoms with Crippen molar-refractivity contribution < 1.29 is 4.79 Å². The minimum absolute atomic E-state index is 0.166. The molecule has 1 fully saturated rings. The van der Waals surface area contributed by atoms with Crippen LogP contribution in [0, 0.1) is 6.92 Å². The maximum Gasteiger partial charge on any atom is 0.270 e. The number of carbonyl (C=O) groups excluding carboxylic acids is 1. The second-order valence-corrected chi connectivity index (χ2v) is 5.33. The Bertz CT molecular complexity index is 501. The first-order valence-electron chi connectivity index (χ1n) is 7.03. The van der Waals surface area contributed by atoms with E-state index in [4.69, 9.17) is 0 Å². The van der Waals surface area contributed by atoms with E-state index in [2.05, 4.69) is 33.8 Å². The molecular formula is C15H22N4O. The molecule has 1 unspecified atom stereocenters. The van der Waals surface area contributed by atoms with Gasteiger partial charge in [-0.3, -0.25) is 4.79 Å². The van der Waals surface area contributed by atoms with E-state index in [1.54, 1.807) is 6.08 Å². The summed E-state index contributed by atoms with van der Waals surface area (Å²) in [6.07, 6.45) is 3.94. The highest BCUT2D eigenvalue weighted by Crippen LogP contribution is 2.25. The lowest BCUT2D eigenvalue weighted by Gasteiger charge is -2.29. The van der Waals surface area contributed by atoms with Gasteiger partial charge in [0.2, 0.25) is 0 Å². The molecule has 1 N–H and O–H groups in total. The number of piperidine rings is 1. The number of nitrogens with zero attached hydrogens (tertiary/aromatic N) is 3. The van der Waals surface area contributed by atoms with E-state index in [9.17, 15) is 4.79 Å². The van der Waals surface area contributed by atoms with Crippen LogP contribution < -0.4 is 5.32 Å². The van der Waals surface area contributed by atoms with E-state index in [1.807, 2.05) is 13.0 Å². The van der Waals surface area contributed by atoms with E-state index in [0.29, 0.717) is 24.0 Å². The molecule has 20 heavy (non-hydrogen) atoms. The molecule has 1 aromatic heterocycles. The Morgan fingerprint density at radius 3 is 3.10 bits per heavy atom. The zero-order valence-electron chi connectivity index (χ0n) is 12.2. The number of amides is 1. The number of aryl methyl sites for hydroxylation is 1. The zero-order chi connectivity index (χ0) is 14.5. The number of nitrogens with one attached hydrogen (secondary N) is 1. The Labute approximate surface area is 120 Å². The van der Waals surface area contributed by atoms with Gasteiger partial charge >= 0.3 is 0 Å². The minimum Gasteiger partial charge on any atom is -0.347 e. The van der Waals surface area contributed by atoms with Crippen molar-refractivity contribution in [3.8, 4) is 0 Å². The van der Waals surface area contributed by atoms with Crippen LogP contribution in [0.5, 0.6) is 0 Å². The van der Waals surface area contributed by atoms with Gasteiger partial charge in [-0.2, -0.15) is 0 Å². The van der Waals surface area contributed by atoms with E-state index in [-0.39, 0.29) is 5.91 Å².